The highest BCUT2D eigenvalue weighted by atomic mass is 79.9. The van der Waals surface area contributed by atoms with Gasteiger partial charge in [0.1, 0.15) is 6.04 Å². The fraction of sp³-hybridized carbons (Fsp3) is 0.588. The average Bonchev–Trinajstić information content (AvgIpc) is 2.82. The lowest BCUT2D eigenvalue weighted by Gasteiger charge is -2.33. The molecular formula is C17H22BrNO2. The number of rotatable bonds is 3. The van der Waals surface area contributed by atoms with Crippen LogP contribution in [0.15, 0.2) is 22.7 Å². The SMILES string of the molecule is Cc1cc(CN2C(C(=O)O)CC3CCCCC32)ccc1Br. The molecule has 1 heterocycles. The molecule has 1 aromatic rings. The highest BCUT2D eigenvalue weighted by molar-refractivity contribution is 9.10. The molecule has 0 amide bonds. The molecule has 0 bridgehead atoms. The van der Waals surface area contributed by atoms with Crippen molar-refractivity contribution >= 4 is 21.9 Å². The van der Waals surface area contributed by atoms with E-state index in [9.17, 15) is 9.90 Å². The van der Waals surface area contributed by atoms with Gasteiger partial charge < -0.3 is 5.11 Å². The Labute approximate surface area is 134 Å². The summed E-state index contributed by atoms with van der Waals surface area (Å²) in [6, 6.07) is 6.49. The maximum atomic E-state index is 11.6. The number of aryl methyl sites for hydroxylation is 1. The zero-order valence-electron chi connectivity index (χ0n) is 12.4. The first-order valence-electron chi connectivity index (χ1n) is 7.80. The second kappa shape index (κ2) is 6.09. The van der Waals surface area contributed by atoms with Crippen LogP contribution in [-0.4, -0.2) is 28.1 Å². The maximum Gasteiger partial charge on any atom is 0.320 e. The third kappa shape index (κ3) is 3.02. The quantitative estimate of drug-likeness (QED) is 0.895. The van der Waals surface area contributed by atoms with Crippen molar-refractivity contribution in [3.05, 3.63) is 33.8 Å². The minimum atomic E-state index is -0.654. The summed E-state index contributed by atoms with van der Waals surface area (Å²) in [5.41, 5.74) is 2.42. The fourth-order valence-corrected chi connectivity index (χ4v) is 4.29. The van der Waals surface area contributed by atoms with Crippen molar-refractivity contribution in [2.24, 2.45) is 5.92 Å². The maximum absolute atomic E-state index is 11.6. The van der Waals surface area contributed by atoms with Crippen molar-refractivity contribution in [2.45, 2.75) is 57.7 Å². The number of halogens is 1. The van der Waals surface area contributed by atoms with Gasteiger partial charge in [-0.05, 0) is 49.3 Å². The van der Waals surface area contributed by atoms with Crippen molar-refractivity contribution in [3.63, 3.8) is 0 Å². The Balaban J connectivity index is 1.82. The monoisotopic (exact) mass is 351 g/mol. The van der Waals surface area contributed by atoms with Crippen LogP contribution in [0.4, 0.5) is 0 Å². The van der Waals surface area contributed by atoms with Gasteiger partial charge in [0.05, 0.1) is 0 Å². The van der Waals surface area contributed by atoms with Gasteiger partial charge in [-0.15, -0.1) is 0 Å². The molecule has 114 valence electrons. The van der Waals surface area contributed by atoms with Crippen LogP contribution in [0, 0.1) is 12.8 Å². The van der Waals surface area contributed by atoms with Gasteiger partial charge in [-0.25, -0.2) is 0 Å². The molecule has 3 nitrogen and oxygen atoms in total. The molecule has 1 aromatic carbocycles. The van der Waals surface area contributed by atoms with Crippen LogP contribution in [0.1, 0.15) is 43.2 Å². The van der Waals surface area contributed by atoms with Gasteiger partial charge in [-0.3, -0.25) is 9.69 Å². The van der Waals surface area contributed by atoms with E-state index in [0.717, 1.165) is 23.9 Å². The number of benzene rings is 1. The Morgan fingerprint density at radius 3 is 2.86 bits per heavy atom. The molecule has 4 heteroatoms. The van der Waals surface area contributed by atoms with E-state index in [0.29, 0.717) is 12.0 Å². The number of carbonyl (C=O) groups is 1. The first kappa shape index (κ1) is 15.0. The van der Waals surface area contributed by atoms with Gasteiger partial charge >= 0.3 is 5.97 Å². The molecule has 1 saturated heterocycles. The summed E-state index contributed by atoms with van der Waals surface area (Å²) in [4.78, 5) is 13.9. The number of hydrogen-bond donors (Lipinski definition) is 1. The number of aliphatic carboxylic acids is 1. The number of carboxylic acids is 1. The zero-order valence-corrected chi connectivity index (χ0v) is 14.0. The van der Waals surface area contributed by atoms with Crippen LogP contribution in [0.2, 0.25) is 0 Å². The van der Waals surface area contributed by atoms with Gasteiger partial charge in [-0.1, -0.05) is 40.9 Å². The van der Waals surface area contributed by atoms with Gasteiger partial charge in [0.25, 0.3) is 0 Å². The first-order valence-corrected chi connectivity index (χ1v) is 8.59. The minimum absolute atomic E-state index is 0.304. The Morgan fingerprint density at radius 1 is 1.38 bits per heavy atom. The number of carboxylic acid groups (broad SMARTS) is 1. The summed E-state index contributed by atoms with van der Waals surface area (Å²) in [6.45, 7) is 2.84. The van der Waals surface area contributed by atoms with E-state index in [1.807, 2.05) is 0 Å². The molecule has 3 atom stereocenters. The van der Waals surface area contributed by atoms with Gasteiger partial charge in [0, 0.05) is 17.1 Å². The van der Waals surface area contributed by atoms with Gasteiger partial charge in [0.15, 0.2) is 0 Å². The molecule has 1 saturated carbocycles. The molecule has 21 heavy (non-hydrogen) atoms. The molecule has 2 fully saturated rings. The first-order chi connectivity index (χ1) is 10.1. The summed E-state index contributed by atoms with van der Waals surface area (Å²) in [5, 5.41) is 9.56. The van der Waals surface area contributed by atoms with Crippen LogP contribution in [0.3, 0.4) is 0 Å². The number of fused-ring (bicyclic) bond motifs is 1. The van der Waals surface area contributed by atoms with Crippen molar-refractivity contribution < 1.29 is 9.90 Å². The zero-order chi connectivity index (χ0) is 15.0. The lowest BCUT2D eigenvalue weighted by Crippen LogP contribution is -2.41. The second-order valence-electron chi connectivity index (χ2n) is 6.46. The average molecular weight is 352 g/mol. The Morgan fingerprint density at radius 2 is 2.14 bits per heavy atom. The molecule has 0 aromatic heterocycles. The van der Waals surface area contributed by atoms with Gasteiger partial charge in [-0.2, -0.15) is 0 Å². The second-order valence-corrected chi connectivity index (χ2v) is 7.31. The Hall–Kier alpha value is -0.870. The van der Waals surface area contributed by atoms with Crippen molar-refractivity contribution in [1.29, 1.82) is 0 Å². The van der Waals surface area contributed by atoms with E-state index in [4.69, 9.17) is 0 Å². The smallest absolute Gasteiger partial charge is 0.320 e. The van der Waals surface area contributed by atoms with E-state index in [1.165, 1.54) is 30.4 Å². The summed E-state index contributed by atoms with van der Waals surface area (Å²) in [6.07, 6.45) is 5.69. The minimum Gasteiger partial charge on any atom is -0.480 e. The Bertz CT molecular complexity index is 546. The highest BCUT2D eigenvalue weighted by Crippen LogP contribution is 2.40. The van der Waals surface area contributed by atoms with Crippen molar-refractivity contribution in [2.75, 3.05) is 0 Å². The molecule has 1 N–H and O–H groups in total. The summed E-state index contributed by atoms with van der Waals surface area (Å²) < 4.78 is 1.11. The molecular weight excluding hydrogens is 330 g/mol. The lowest BCUT2D eigenvalue weighted by molar-refractivity contribution is -0.142. The molecule has 3 unspecified atom stereocenters. The third-order valence-electron chi connectivity index (χ3n) is 5.09. The normalized spacial score (nSPS) is 29.3. The van der Waals surface area contributed by atoms with Gasteiger partial charge in [0.2, 0.25) is 0 Å². The van der Waals surface area contributed by atoms with Crippen LogP contribution in [0.5, 0.6) is 0 Å². The molecule has 0 radical (unpaired) electrons. The third-order valence-corrected chi connectivity index (χ3v) is 5.98. The van der Waals surface area contributed by atoms with Crippen LogP contribution < -0.4 is 0 Å². The van der Waals surface area contributed by atoms with E-state index < -0.39 is 5.97 Å². The molecule has 3 rings (SSSR count). The topological polar surface area (TPSA) is 40.5 Å². The predicted molar refractivity (Wildman–Crippen MR) is 86.2 cm³/mol. The Kier molecular flexibility index (Phi) is 4.36. The van der Waals surface area contributed by atoms with E-state index in [1.54, 1.807) is 0 Å². The lowest BCUT2D eigenvalue weighted by atomic mass is 9.84. The molecule has 2 aliphatic rings. The number of nitrogens with zero attached hydrogens (tertiary/aromatic N) is 1. The largest absolute Gasteiger partial charge is 0.480 e. The van der Waals surface area contributed by atoms with E-state index in [-0.39, 0.29) is 6.04 Å². The number of hydrogen-bond acceptors (Lipinski definition) is 2. The van der Waals surface area contributed by atoms with E-state index in [2.05, 4.69) is 46.0 Å². The standard InChI is InChI=1S/C17H22BrNO2/c1-11-8-12(6-7-14(11)18)10-19-15-5-3-2-4-13(15)9-16(19)17(20)21/h6-8,13,15-16H,2-5,9-10H2,1H3,(H,20,21). The molecule has 1 aliphatic heterocycles. The predicted octanol–water partition coefficient (Wildman–Crippen LogP) is 3.98. The summed E-state index contributed by atoms with van der Waals surface area (Å²) in [7, 11) is 0. The fourth-order valence-electron chi connectivity index (χ4n) is 4.04. The summed E-state index contributed by atoms with van der Waals surface area (Å²) in [5.74, 6) is -0.0744. The molecule has 0 spiro atoms. The van der Waals surface area contributed by atoms with Crippen LogP contribution >= 0.6 is 15.9 Å². The van der Waals surface area contributed by atoms with E-state index >= 15 is 0 Å². The summed E-state index contributed by atoms with van der Waals surface area (Å²) >= 11 is 3.52. The van der Waals surface area contributed by atoms with Crippen LogP contribution in [0.25, 0.3) is 0 Å². The molecule has 1 aliphatic carbocycles. The van der Waals surface area contributed by atoms with Crippen molar-refractivity contribution in [3.8, 4) is 0 Å². The van der Waals surface area contributed by atoms with Crippen LogP contribution in [-0.2, 0) is 11.3 Å². The highest BCUT2D eigenvalue weighted by Gasteiger charge is 2.44. The number of likely N-dealkylation sites (tertiary alicyclic amines) is 1. The van der Waals surface area contributed by atoms with Crippen molar-refractivity contribution in [1.82, 2.24) is 4.90 Å².